The van der Waals surface area contributed by atoms with Crippen LogP contribution < -0.4 is 5.32 Å². The van der Waals surface area contributed by atoms with E-state index in [9.17, 15) is 0 Å². The minimum atomic E-state index is 0.428. The van der Waals surface area contributed by atoms with E-state index in [0.717, 1.165) is 32.7 Å². The summed E-state index contributed by atoms with van der Waals surface area (Å²) >= 11 is 0. The summed E-state index contributed by atoms with van der Waals surface area (Å²) in [6.07, 6.45) is 4.41. The van der Waals surface area contributed by atoms with Crippen LogP contribution in [-0.4, -0.2) is 24.3 Å². The molecule has 0 saturated heterocycles. The fourth-order valence-electron chi connectivity index (χ4n) is 1.97. The Morgan fingerprint density at radius 3 is 2.94 bits per heavy atom. The molecule has 1 atom stereocenters. The molecule has 1 unspecified atom stereocenters. The first-order chi connectivity index (χ1) is 8.29. The van der Waals surface area contributed by atoms with Crippen molar-refractivity contribution in [2.75, 3.05) is 19.8 Å². The van der Waals surface area contributed by atoms with Crippen molar-refractivity contribution in [2.24, 2.45) is 0 Å². The summed E-state index contributed by atoms with van der Waals surface area (Å²) in [6.45, 7) is 10.2. The number of aryl methyl sites for hydroxylation is 1. The van der Waals surface area contributed by atoms with Gasteiger partial charge in [0.2, 0.25) is 0 Å². The van der Waals surface area contributed by atoms with Crippen LogP contribution in [0.4, 0.5) is 0 Å². The zero-order valence-electron chi connectivity index (χ0n) is 11.4. The predicted octanol–water partition coefficient (Wildman–Crippen LogP) is 2.98. The summed E-state index contributed by atoms with van der Waals surface area (Å²) in [7, 11) is 0. The number of aromatic nitrogens is 1. The molecule has 1 rings (SSSR count). The van der Waals surface area contributed by atoms with Gasteiger partial charge >= 0.3 is 0 Å². The van der Waals surface area contributed by atoms with Gasteiger partial charge in [-0.25, -0.2) is 0 Å². The zero-order chi connectivity index (χ0) is 12.5. The van der Waals surface area contributed by atoms with Crippen LogP contribution in [0.2, 0.25) is 0 Å². The SMILES string of the molecule is CCCNC(C)c1cccn1CCCOCC. The Bertz CT molecular complexity index is 296. The smallest absolute Gasteiger partial charge is 0.0482 e. The normalized spacial score (nSPS) is 12.9. The molecule has 1 aromatic heterocycles. The monoisotopic (exact) mass is 238 g/mol. The Hall–Kier alpha value is -0.800. The van der Waals surface area contributed by atoms with E-state index in [1.54, 1.807) is 0 Å². The molecule has 0 aromatic carbocycles. The highest BCUT2D eigenvalue weighted by Gasteiger charge is 2.08. The van der Waals surface area contributed by atoms with E-state index in [1.165, 1.54) is 12.1 Å². The Kier molecular flexibility index (Phi) is 6.97. The van der Waals surface area contributed by atoms with Crippen LogP contribution in [0.5, 0.6) is 0 Å². The quantitative estimate of drug-likeness (QED) is 0.669. The second-order valence-corrected chi connectivity index (χ2v) is 4.35. The van der Waals surface area contributed by atoms with Gasteiger partial charge in [-0.2, -0.15) is 0 Å². The van der Waals surface area contributed by atoms with E-state index >= 15 is 0 Å². The van der Waals surface area contributed by atoms with Gasteiger partial charge in [0, 0.05) is 37.7 Å². The average molecular weight is 238 g/mol. The molecule has 0 fully saturated rings. The van der Waals surface area contributed by atoms with E-state index in [1.807, 2.05) is 6.92 Å². The van der Waals surface area contributed by atoms with Crippen LogP contribution in [-0.2, 0) is 11.3 Å². The molecular formula is C14H26N2O. The van der Waals surface area contributed by atoms with Gasteiger partial charge in [0.15, 0.2) is 0 Å². The standard InChI is InChI=1S/C14H26N2O/c1-4-9-15-13(3)14-8-6-10-16(14)11-7-12-17-5-2/h6,8,10,13,15H,4-5,7,9,11-12H2,1-3H3. The summed E-state index contributed by atoms with van der Waals surface area (Å²) < 4.78 is 7.69. The van der Waals surface area contributed by atoms with Gasteiger partial charge in [0.1, 0.15) is 0 Å². The fourth-order valence-corrected chi connectivity index (χ4v) is 1.97. The van der Waals surface area contributed by atoms with Gasteiger partial charge in [-0.15, -0.1) is 0 Å². The number of ether oxygens (including phenoxy) is 1. The molecule has 0 spiro atoms. The van der Waals surface area contributed by atoms with Crippen molar-refractivity contribution in [2.45, 2.75) is 46.2 Å². The summed E-state index contributed by atoms with van der Waals surface area (Å²) in [6, 6.07) is 4.76. The van der Waals surface area contributed by atoms with Crippen molar-refractivity contribution in [3.05, 3.63) is 24.0 Å². The van der Waals surface area contributed by atoms with Gasteiger partial charge in [-0.1, -0.05) is 6.92 Å². The highest BCUT2D eigenvalue weighted by molar-refractivity contribution is 5.11. The number of nitrogens with one attached hydrogen (secondary N) is 1. The van der Waals surface area contributed by atoms with Gasteiger partial charge in [-0.05, 0) is 45.4 Å². The molecule has 0 amide bonds. The summed E-state index contributed by atoms with van der Waals surface area (Å²) in [4.78, 5) is 0. The molecule has 0 aliphatic rings. The van der Waals surface area contributed by atoms with E-state index in [0.29, 0.717) is 6.04 Å². The Morgan fingerprint density at radius 2 is 2.24 bits per heavy atom. The molecule has 0 saturated carbocycles. The van der Waals surface area contributed by atoms with Gasteiger partial charge < -0.3 is 14.6 Å². The maximum Gasteiger partial charge on any atom is 0.0482 e. The molecule has 3 heteroatoms. The third-order valence-corrected chi connectivity index (χ3v) is 2.90. The molecule has 0 radical (unpaired) electrons. The number of hydrogen-bond acceptors (Lipinski definition) is 2. The van der Waals surface area contributed by atoms with E-state index < -0.39 is 0 Å². The third-order valence-electron chi connectivity index (χ3n) is 2.90. The molecule has 1 aromatic rings. The van der Waals surface area contributed by atoms with Crippen LogP contribution >= 0.6 is 0 Å². The van der Waals surface area contributed by atoms with Crippen LogP contribution in [0, 0.1) is 0 Å². The van der Waals surface area contributed by atoms with Gasteiger partial charge in [-0.3, -0.25) is 0 Å². The highest BCUT2D eigenvalue weighted by atomic mass is 16.5. The largest absolute Gasteiger partial charge is 0.382 e. The Morgan fingerprint density at radius 1 is 1.41 bits per heavy atom. The molecule has 1 heterocycles. The van der Waals surface area contributed by atoms with Crippen LogP contribution in [0.1, 0.15) is 45.3 Å². The molecule has 98 valence electrons. The number of nitrogens with zero attached hydrogens (tertiary/aromatic N) is 1. The predicted molar refractivity (Wildman–Crippen MR) is 72.3 cm³/mol. The fraction of sp³-hybridized carbons (Fsp3) is 0.714. The molecular weight excluding hydrogens is 212 g/mol. The molecule has 3 nitrogen and oxygen atoms in total. The highest BCUT2D eigenvalue weighted by Crippen LogP contribution is 2.13. The first kappa shape index (κ1) is 14.3. The maximum absolute atomic E-state index is 5.37. The molecule has 0 bridgehead atoms. The molecule has 0 aliphatic heterocycles. The van der Waals surface area contributed by atoms with E-state index in [2.05, 4.69) is 42.1 Å². The Labute approximate surface area is 105 Å². The van der Waals surface area contributed by atoms with Crippen LogP contribution in [0.15, 0.2) is 18.3 Å². The number of hydrogen-bond donors (Lipinski definition) is 1. The van der Waals surface area contributed by atoms with Gasteiger partial charge in [0.05, 0.1) is 0 Å². The van der Waals surface area contributed by atoms with Crippen molar-refractivity contribution in [1.29, 1.82) is 0 Å². The molecule has 17 heavy (non-hydrogen) atoms. The maximum atomic E-state index is 5.37. The van der Waals surface area contributed by atoms with Crippen molar-refractivity contribution < 1.29 is 4.74 Å². The first-order valence-electron chi connectivity index (χ1n) is 6.75. The lowest BCUT2D eigenvalue weighted by Gasteiger charge is -2.16. The van der Waals surface area contributed by atoms with Crippen LogP contribution in [0.25, 0.3) is 0 Å². The molecule has 0 aliphatic carbocycles. The summed E-state index contributed by atoms with van der Waals surface area (Å²) in [5.41, 5.74) is 1.37. The first-order valence-corrected chi connectivity index (χ1v) is 6.75. The van der Waals surface area contributed by atoms with E-state index in [4.69, 9.17) is 4.74 Å². The lowest BCUT2D eigenvalue weighted by atomic mass is 10.2. The second-order valence-electron chi connectivity index (χ2n) is 4.35. The second kappa shape index (κ2) is 8.31. The van der Waals surface area contributed by atoms with Gasteiger partial charge in [0.25, 0.3) is 0 Å². The zero-order valence-corrected chi connectivity index (χ0v) is 11.4. The van der Waals surface area contributed by atoms with Crippen molar-refractivity contribution in [1.82, 2.24) is 9.88 Å². The van der Waals surface area contributed by atoms with Crippen molar-refractivity contribution >= 4 is 0 Å². The average Bonchev–Trinajstić information content (AvgIpc) is 2.80. The lowest BCUT2D eigenvalue weighted by molar-refractivity contribution is 0.141. The van der Waals surface area contributed by atoms with Crippen molar-refractivity contribution in [3.8, 4) is 0 Å². The van der Waals surface area contributed by atoms with Crippen LogP contribution in [0.3, 0.4) is 0 Å². The molecule has 1 N–H and O–H groups in total. The Balaban J connectivity index is 2.41. The van der Waals surface area contributed by atoms with E-state index in [-0.39, 0.29) is 0 Å². The third kappa shape index (κ3) is 4.92. The topological polar surface area (TPSA) is 26.2 Å². The van der Waals surface area contributed by atoms with Crippen molar-refractivity contribution in [3.63, 3.8) is 0 Å². The summed E-state index contributed by atoms with van der Waals surface area (Å²) in [5, 5.41) is 3.52. The lowest BCUT2D eigenvalue weighted by Crippen LogP contribution is -2.22. The summed E-state index contributed by atoms with van der Waals surface area (Å²) in [5.74, 6) is 0. The minimum Gasteiger partial charge on any atom is -0.382 e. The number of rotatable bonds is 9. The minimum absolute atomic E-state index is 0.428.